The quantitative estimate of drug-likeness (QED) is 0.744. The Hall–Kier alpha value is -1.47. The van der Waals surface area contributed by atoms with Gasteiger partial charge in [0.15, 0.2) is 0 Å². The van der Waals surface area contributed by atoms with Gasteiger partial charge in [-0.05, 0) is 49.1 Å². The Bertz CT molecular complexity index is 642. The third-order valence-corrected chi connectivity index (χ3v) is 4.31. The van der Waals surface area contributed by atoms with Crippen LogP contribution in [0.4, 0.5) is 18.9 Å². The maximum atomic E-state index is 12.5. The zero-order valence-electron chi connectivity index (χ0n) is 13.2. The van der Waals surface area contributed by atoms with Gasteiger partial charge in [-0.25, -0.2) is 0 Å². The van der Waals surface area contributed by atoms with E-state index in [2.05, 4.69) is 29.0 Å². The third-order valence-electron chi connectivity index (χ3n) is 3.59. The van der Waals surface area contributed by atoms with Crippen LogP contribution in [0.3, 0.4) is 0 Å². The van der Waals surface area contributed by atoms with Crippen molar-refractivity contribution in [3.8, 4) is 0 Å². The van der Waals surface area contributed by atoms with Crippen LogP contribution in [0.5, 0.6) is 0 Å². The van der Waals surface area contributed by atoms with Crippen molar-refractivity contribution >= 4 is 28.4 Å². The number of thioether (sulfide) groups is 1. The van der Waals surface area contributed by atoms with Crippen LogP contribution in [0.1, 0.15) is 13.8 Å². The zero-order valence-corrected chi connectivity index (χ0v) is 14.0. The monoisotopic (exact) mass is 343 g/mol. The number of benzene rings is 1. The van der Waals surface area contributed by atoms with Gasteiger partial charge in [0.05, 0.1) is 5.52 Å². The normalized spacial score (nSPS) is 12.1. The van der Waals surface area contributed by atoms with Crippen LogP contribution in [0.25, 0.3) is 10.9 Å². The summed E-state index contributed by atoms with van der Waals surface area (Å²) in [5, 5.41) is 4.18. The number of rotatable bonds is 7. The predicted molar refractivity (Wildman–Crippen MR) is 89.9 cm³/mol. The molecule has 0 spiro atoms. The van der Waals surface area contributed by atoms with Crippen LogP contribution in [0.2, 0.25) is 0 Å². The average molecular weight is 343 g/mol. The lowest BCUT2D eigenvalue weighted by Crippen LogP contribution is -2.28. The highest BCUT2D eigenvalue weighted by atomic mass is 32.2. The molecule has 0 aliphatic heterocycles. The van der Waals surface area contributed by atoms with Crippen LogP contribution in [-0.2, 0) is 0 Å². The van der Waals surface area contributed by atoms with Gasteiger partial charge in [-0.1, -0.05) is 13.8 Å². The molecule has 7 heteroatoms. The summed E-state index contributed by atoms with van der Waals surface area (Å²) in [7, 11) is 0. The van der Waals surface area contributed by atoms with E-state index in [1.54, 1.807) is 12.3 Å². The van der Waals surface area contributed by atoms with Gasteiger partial charge in [0.1, 0.15) is 0 Å². The van der Waals surface area contributed by atoms with Crippen molar-refractivity contribution in [2.24, 2.45) is 0 Å². The number of aromatic nitrogens is 1. The van der Waals surface area contributed by atoms with Gasteiger partial charge < -0.3 is 10.2 Å². The molecule has 0 atom stereocenters. The first kappa shape index (κ1) is 17.9. The summed E-state index contributed by atoms with van der Waals surface area (Å²) in [6.07, 6.45) is 1.62. The number of pyridine rings is 1. The summed E-state index contributed by atoms with van der Waals surface area (Å²) in [5.41, 5.74) is -2.83. The number of hydrogen-bond acceptors (Lipinski definition) is 4. The number of nitrogens with zero attached hydrogens (tertiary/aromatic N) is 2. The van der Waals surface area contributed by atoms with E-state index in [4.69, 9.17) is 0 Å². The Kier molecular flexibility index (Phi) is 6.12. The molecule has 3 nitrogen and oxygen atoms in total. The molecule has 1 aromatic heterocycles. The van der Waals surface area contributed by atoms with E-state index >= 15 is 0 Å². The highest BCUT2D eigenvalue weighted by Crippen LogP contribution is 2.38. The molecule has 1 aromatic carbocycles. The largest absolute Gasteiger partial charge is 0.446 e. The summed E-state index contributed by atoms with van der Waals surface area (Å²) < 4.78 is 37.4. The van der Waals surface area contributed by atoms with Crippen molar-refractivity contribution in [1.82, 2.24) is 9.88 Å². The maximum absolute atomic E-state index is 12.5. The molecule has 0 fully saturated rings. The summed E-state index contributed by atoms with van der Waals surface area (Å²) in [6, 6.07) is 6.50. The first-order chi connectivity index (χ1) is 10.9. The van der Waals surface area contributed by atoms with Gasteiger partial charge in [0.2, 0.25) is 0 Å². The Labute approximate surface area is 138 Å². The second kappa shape index (κ2) is 7.88. The fourth-order valence-electron chi connectivity index (χ4n) is 2.37. The maximum Gasteiger partial charge on any atom is 0.446 e. The molecule has 0 bridgehead atoms. The second-order valence-electron chi connectivity index (χ2n) is 5.04. The first-order valence-corrected chi connectivity index (χ1v) is 8.35. The summed E-state index contributed by atoms with van der Waals surface area (Å²) in [5.74, 6) is 0. The summed E-state index contributed by atoms with van der Waals surface area (Å²) in [4.78, 5) is 6.63. The molecule has 0 amide bonds. The van der Waals surface area contributed by atoms with E-state index in [9.17, 15) is 13.2 Å². The highest BCUT2D eigenvalue weighted by Gasteiger charge is 2.29. The number of hydrogen-bond donors (Lipinski definition) is 1. The molecule has 2 aromatic rings. The molecule has 0 aliphatic carbocycles. The van der Waals surface area contributed by atoms with E-state index in [1.165, 1.54) is 12.1 Å². The Morgan fingerprint density at radius 3 is 2.57 bits per heavy atom. The number of nitrogens with one attached hydrogen (secondary N) is 1. The Balaban J connectivity index is 2.12. The number of likely N-dealkylation sites (N-methyl/N-ethyl adjacent to an activating group) is 1. The van der Waals surface area contributed by atoms with Gasteiger partial charge in [0, 0.05) is 35.3 Å². The number of alkyl halides is 3. The topological polar surface area (TPSA) is 28.2 Å². The van der Waals surface area contributed by atoms with Gasteiger partial charge in [-0.2, -0.15) is 13.2 Å². The molecule has 23 heavy (non-hydrogen) atoms. The van der Waals surface area contributed by atoms with E-state index < -0.39 is 5.51 Å². The van der Waals surface area contributed by atoms with Crippen LogP contribution < -0.4 is 5.32 Å². The SMILES string of the molecule is CCN(CC)CCNc1ccnc2cc(SC(F)(F)F)ccc12. The smallest absolute Gasteiger partial charge is 0.383 e. The van der Waals surface area contributed by atoms with Crippen LogP contribution in [0.15, 0.2) is 35.4 Å². The molecule has 0 aliphatic rings. The zero-order chi connectivity index (χ0) is 16.9. The van der Waals surface area contributed by atoms with E-state index in [0.717, 1.165) is 37.3 Å². The highest BCUT2D eigenvalue weighted by molar-refractivity contribution is 8.00. The number of fused-ring (bicyclic) bond motifs is 1. The second-order valence-corrected chi connectivity index (χ2v) is 6.18. The number of halogens is 3. The minimum Gasteiger partial charge on any atom is -0.383 e. The van der Waals surface area contributed by atoms with Crippen LogP contribution in [0, 0.1) is 0 Å². The van der Waals surface area contributed by atoms with Gasteiger partial charge in [-0.3, -0.25) is 4.98 Å². The van der Waals surface area contributed by atoms with Crippen LogP contribution >= 0.6 is 11.8 Å². The molecule has 0 saturated carbocycles. The molecular formula is C16H20F3N3S. The molecular weight excluding hydrogens is 323 g/mol. The van der Waals surface area contributed by atoms with Crippen molar-refractivity contribution in [1.29, 1.82) is 0 Å². The van der Waals surface area contributed by atoms with Crippen molar-refractivity contribution < 1.29 is 13.2 Å². The fraction of sp³-hybridized carbons (Fsp3) is 0.438. The van der Waals surface area contributed by atoms with E-state index in [-0.39, 0.29) is 16.7 Å². The standard InChI is InChI=1S/C16H20F3N3S/c1-3-22(4-2)10-9-21-14-7-8-20-15-11-12(5-6-13(14)15)23-16(17,18)19/h5-8,11H,3-4,9-10H2,1-2H3,(H,20,21). The molecule has 0 radical (unpaired) electrons. The van der Waals surface area contributed by atoms with Crippen molar-refractivity contribution in [3.63, 3.8) is 0 Å². The third kappa shape index (κ3) is 5.28. The van der Waals surface area contributed by atoms with Gasteiger partial charge in [-0.15, -0.1) is 0 Å². The molecule has 0 saturated heterocycles. The molecule has 2 rings (SSSR count). The van der Waals surface area contributed by atoms with E-state index in [0.29, 0.717) is 5.52 Å². The lowest BCUT2D eigenvalue weighted by atomic mass is 10.2. The van der Waals surface area contributed by atoms with Crippen molar-refractivity contribution in [3.05, 3.63) is 30.5 Å². The van der Waals surface area contributed by atoms with Gasteiger partial charge >= 0.3 is 5.51 Å². The number of anilines is 1. The lowest BCUT2D eigenvalue weighted by Gasteiger charge is -2.19. The molecule has 126 valence electrons. The molecule has 1 heterocycles. The fourth-order valence-corrected chi connectivity index (χ4v) is 2.94. The molecule has 0 unspecified atom stereocenters. The summed E-state index contributed by atoms with van der Waals surface area (Å²) in [6.45, 7) is 7.91. The predicted octanol–water partition coefficient (Wildman–Crippen LogP) is 4.60. The minimum atomic E-state index is -4.28. The Morgan fingerprint density at radius 1 is 1.17 bits per heavy atom. The first-order valence-electron chi connectivity index (χ1n) is 7.53. The lowest BCUT2D eigenvalue weighted by molar-refractivity contribution is -0.0328. The van der Waals surface area contributed by atoms with Crippen LogP contribution in [-0.4, -0.2) is 41.6 Å². The van der Waals surface area contributed by atoms with Crippen molar-refractivity contribution in [2.75, 3.05) is 31.5 Å². The van der Waals surface area contributed by atoms with Gasteiger partial charge in [0.25, 0.3) is 0 Å². The van der Waals surface area contributed by atoms with Crippen molar-refractivity contribution in [2.45, 2.75) is 24.3 Å². The minimum absolute atomic E-state index is 0.118. The summed E-state index contributed by atoms with van der Waals surface area (Å²) >= 11 is -0.118. The average Bonchev–Trinajstić information content (AvgIpc) is 2.50. The van der Waals surface area contributed by atoms with E-state index in [1.807, 2.05) is 6.07 Å². The molecule has 1 N–H and O–H groups in total. The Morgan fingerprint density at radius 2 is 1.91 bits per heavy atom.